The predicted octanol–water partition coefficient (Wildman–Crippen LogP) is 1.30. The number of amides is 1. The lowest BCUT2D eigenvalue weighted by Crippen LogP contribution is -2.39. The Bertz CT molecular complexity index is 414. The number of halogens is 1. The monoisotopic (exact) mass is 329 g/mol. The van der Waals surface area contributed by atoms with E-state index in [2.05, 4.69) is 26.1 Å². The van der Waals surface area contributed by atoms with Gasteiger partial charge in [0.05, 0.1) is 13.1 Å². The van der Waals surface area contributed by atoms with E-state index in [1.54, 1.807) is 4.90 Å². The molecule has 1 aliphatic heterocycles. The van der Waals surface area contributed by atoms with Crippen LogP contribution in [0, 0.1) is 0 Å². The van der Waals surface area contributed by atoms with Gasteiger partial charge in [-0.2, -0.15) is 0 Å². The second-order valence-electron chi connectivity index (χ2n) is 4.84. The van der Waals surface area contributed by atoms with Crippen LogP contribution in [0.1, 0.15) is 12.2 Å². The highest BCUT2D eigenvalue weighted by molar-refractivity contribution is 9.10. The van der Waals surface area contributed by atoms with Crippen molar-refractivity contribution in [2.75, 3.05) is 39.8 Å². The maximum atomic E-state index is 12.1. The summed E-state index contributed by atoms with van der Waals surface area (Å²) in [4.78, 5) is 16.1. The van der Waals surface area contributed by atoms with Crippen molar-refractivity contribution in [1.29, 1.82) is 0 Å². The van der Waals surface area contributed by atoms with Crippen molar-refractivity contribution in [3.8, 4) is 0 Å². The third-order valence-corrected chi connectivity index (χ3v) is 3.67. The molecule has 1 amide bonds. The van der Waals surface area contributed by atoms with Crippen LogP contribution >= 0.6 is 15.9 Å². The fourth-order valence-corrected chi connectivity index (χ4v) is 2.47. The molecule has 19 heavy (non-hydrogen) atoms. The molecule has 0 spiro atoms. The number of likely N-dealkylation sites (N-methyl/N-ethyl adjacent to an activating group) is 1. The molecular formula is C13H20BrN3O2. The van der Waals surface area contributed by atoms with E-state index in [9.17, 15) is 4.79 Å². The summed E-state index contributed by atoms with van der Waals surface area (Å²) < 4.78 is 6.11. The van der Waals surface area contributed by atoms with Gasteiger partial charge in [-0.25, -0.2) is 0 Å². The number of carbonyl (C=O) groups excluding carboxylic acids is 1. The van der Waals surface area contributed by atoms with Crippen molar-refractivity contribution in [3.63, 3.8) is 0 Å². The first kappa shape index (κ1) is 14.6. The summed E-state index contributed by atoms with van der Waals surface area (Å²) in [6.07, 6.45) is 1.10. The van der Waals surface area contributed by atoms with Gasteiger partial charge >= 0.3 is 0 Å². The maximum absolute atomic E-state index is 12.1. The van der Waals surface area contributed by atoms with Crippen molar-refractivity contribution in [1.82, 2.24) is 15.1 Å². The Morgan fingerprint density at radius 1 is 1.47 bits per heavy atom. The lowest BCUT2D eigenvalue weighted by Gasteiger charge is -2.22. The van der Waals surface area contributed by atoms with Crippen LogP contribution in [0.2, 0.25) is 0 Å². The largest absolute Gasteiger partial charge is 0.452 e. The number of nitrogens with zero attached hydrogens (tertiary/aromatic N) is 2. The fraction of sp³-hybridized carbons (Fsp3) is 0.615. The summed E-state index contributed by atoms with van der Waals surface area (Å²) >= 11 is 3.26. The average molecular weight is 330 g/mol. The maximum Gasteiger partial charge on any atom is 0.236 e. The average Bonchev–Trinajstić information content (AvgIpc) is 2.64. The van der Waals surface area contributed by atoms with E-state index in [1.165, 1.54) is 0 Å². The topological polar surface area (TPSA) is 48.7 Å². The van der Waals surface area contributed by atoms with E-state index in [-0.39, 0.29) is 5.91 Å². The minimum absolute atomic E-state index is 0.134. The smallest absolute Gasteiger partial charge is 0.236 e. The van der Waals surface area contributed by atoms with Gasteiger partial charge in [0.15, 0.2) is 4.67 Å². The van der Waals surface area contributed by atoms with Crippen LogP contribution in [0.4, 0.5) is 0 Å². The minimum atomic E-state index is 0.134. The second kappa shape index (κ2) is 7.07. The Morgan fingerprint density at radius 2 is 2.32 bits per heavy atom. The lowest BCUT2D eigenvalue weighted by atomic mass is 10.3. The number of hydrogen-bond acceptors (Lipinski definition) is 4. The highest BCUT2D eigenvalue weighted by Crippen LogP contribution is 2.15. The molecule has 0 aliphatic carbocycles. The van der Waals surface area contributed by atoms with E-state index >= 15 is 0 Å². The molecular weight excluding hydrogens is 310 g/mol. The lowest BCUT2D eigenvalue weighted by molar-refractivity contribution is -0.131. The molecule has 0 atom stereocenters. The normalized spacial score (nSPS) is 17.2. The molecule has 0 saturated carbocycles. The number of hydrogen-bond donors (Lipinski definition) is 1. The third kappa shape index (κ3) is 4.63. The van der Waals surface area contributed by atoms with Gasteiger partial charge in [-0.05, 0) is 47.6 Å². The Labute approximate surface area is 122 Å². The molecule has 1 aromatic heterocycles. The molecule has 1 N–H and O–H groups in total. The molecule has 5 nitrogen and oxygen atoms in total. The van der Waals surface area contributed by atoms with E-state index < -0.39 is 0 Å². The van der Waals surface area contributed by atoms with Crippen molar-refractivity contribution in [2.45, 2.75) is 13.0 Å². The van der Waals surface area contributed by atoms with Gasteiger partial charge in [-0.3, -0.25) is 9.69 Å². The standard InChI is InChI=1S/C13H20BrN3O2/c1-16(9-11-3-4-12(14)19-11)13(18)10-17-7-2-5-15-6-8-17/h3-4,15H,2,5-10H2,1H3. The van der Waals surface area contributed by atoms with E-state index in [0.29, 0.717) is 17.8 Å². The first-order valence-corrected chi connectivity index (χ1v) is 7.35. The van der Waals surface area contributed by atoms with E-state index in [4.69, 9.17) is 4.42 Å². The number of furan rings is 1. The van der Waals surface area contributed by atoms with Gasteiger partial charge in [-0.15, -0.1) is 0 Å². The summed E-state index contributed by atoms with van der Waals surface area (Å²) in [7, 11) is 1.81. The number of carbonyl (C=O) groups is 1. The van der Waals surface area contributed by atoms with Gasteiger partial charge in [-0.1, -0.05) is 0 Å². The van der Waals surface area contributed by atoms with Crippen LogP contribution in [0.3, 0.4) is 0 Å². The Hall–Kier alpha value is -0.850. The summed E-state index contributed by atoms with van der Waals surface area (Å²) in [5, 5.41) is 3.34. The van der Waals surface area contributed by atoms with Crippen molar-refractivity contribution < 1.29 is 9.21 Å². The van der Waals surface area contributed by atoms with Gasteiger partial charge in [0.1, 0.15) is 5.76 Å². The summed E-state index contributed by atoms with van der Waals surface area (Å²) in [5.74, 6) is 0.926. The Balaban J connectivity index is 1.81. The molecule has 1 aliphatic rings. The molecule has 0 aromatic carbocycles. The van der Waals surface area contributed by atoms with Crippen molar-refractivity contribution in [3.05, 3.63) is 22.6 Å². The molecule has 2 heterocycles. The second-order valence-corrected chi connectivity index (χ2v) is 5.62. The molecule has 0 radical (unpaired) electrons. The molecule has 6 heteroatoms. The minimum Gasteiger partial charge on any atom is -0.452 e. The molecule has 1 saturated heterocycles. The summed E-state index contributed by atoms with van der Waals surface area (Å²) in [6, 6.07) is 3.72. The molecule has 1 aromatic rings. The van der Waals surface area contributed by atoms with Crippen LogP contribution in [0.25, 0.3) is 0 Å². The van der Waals surface area contributed by atoms with E-state index in [1.807, 2.05) is 19.2 Å². The molecule has 0 unspecified atom stereocenters. The molecule has 2 rings (SSSR count). The van der Waals surface area contributed by atoms with Crippen LogP contribution in [0.5, 0.6) is 0 Å². The molecule has 1 fully saturated rings. The first-order valence-electron chi connectivity index (χ1n) is 6.56. The summed E-state index contributed by atoms with van der Waals surface area (Å²) in [6.45, 7) is 4.92. The van der Waals surface area contributed by atoms with Crippen molar-refractivity contribution in [2.24, 2.45) is 0 Å². The summed E-state index contributed by atoms with van der Waals surface area (Å²) in [5.41, 5.74) is 0. The highest BCUT2D eigenvalue weighted by atomic mass is 79.9. The van der Waals surface area contributed by atoms with Crippen LogP contribution in [-0.4, -0.2) is 55.5 Å². The zero-order valence-corrected chi connectivity index (χ0v) is 12.8. The molecule has 106 valence electrons. The number of nitrogens with one attached hydrogen (secondary N) is 1. The van der Waals surface area contributed by atoms with Crippen LogP contribution < -0.4 is 5.32 Å². The first-order chi connectivity index (χ1) is 9.15. The van der Waals surface area contributed by atoms with Gasteiger partial charge < -0.3 is 14.6 Å². The molecule has 0 bridgehead atoms. The quantitative estimate of drug-likeness (QED) is 0.904. The van der Waals surface area contributed by atoms with Gasteiger partial charge in [0.25, 0.3) is 0 Å². The van der Waals surface area contributed by atoms with Crippen LogP contribution in [0.15, 0.2) is 21.2 Å². The number of rotatable bonds is 4. The Morgan fingerprint density at radius 3 is 3.05 bits per heavy atom. The zero-order valence-electron chi connectivity index (χ0n) is 11.2. The zero-order chi connectivity index (χ0) is 13.7. The Kier molecular flexibility index (Phi) is 5.42. The van der Waals surface area contributed by atoms with E-state index in [0.717, 1.165) is 38.4 Å². The fourth-order valence-electron chi connectivity index (χ4n) is 2.13. The SMILES string of the molecule is CN(Cc1ccc(Br)o1)C(=O)CN1CCCNCC1. The van der Waals surface area contributed by atoms with Gasteiger partial charge in [0.2, 0.25) is 5.91 Å². The third-order valence-electron chi connectivity index (χ3n) is 3.24. The van der Waals surface area contributed by atoms with Gasteiger partial charge in [0, 0.05) is 20.1 Å². The van der Waals surface area contributed by atoms with Crippen LogP contribution in [-0.2, 0) is 11.3 Å². The highest BCUT2D eigenvalue weighted by Gasteiger charge is 2.16. The predicted molar refractivity (Wildman–Crippen MR) is 76.8 cm³/mol. The van der Waals surface area contributed by atoms with Crippen molar-refractivity contribution >= 4 is 21.8 Å².